The molecule has 5 heteroatoms. The summed E-state index contributed by atoms with van der Waals surface area (Å²) in [5, 5.41) is 10.0. The second-order valence-corrected chi connectivity index (χ2v) is 15.7. The number of fused-ring (bicyclic) bond motifs is 4. The molecule has 2 aliphatic carbocycles. The molecule has 280 valence electrons. The van der Waals surface area contributed by atoms with Gasteiger partial charge in [-0.15, -0.1) is 6.58 Å². The quantitative estimate of drug-likeness (QED) is 0.121. The van der Waals surface area contributed by atoms with E-state index in [1.54, 1.807) is 0 Å². The highest BCUT2D eigenvalue weighted by Gasteiger charge is 2.40. The summed E-state index contributed by atoms with van der Waals surface area (Å²) in [4.78, 5) is 4.75. The summed E-state index contributed by atoms with van der Waals surface area (Å²) >= 11 is 0. The molecule has 0 atom stereocenters. The molecule has 0 saturated carbocycles. The fourth-order valence-electron chi connectivity index (χ4n) is 9.31. The molecule has 0 spiro atoms. The van der Waals surface area contributed by atoms with Crippen LogP contribution in [0.25, 0.3) is 5.57 Å². The van der Waals surface area contributed by atoms with Crippen LogP contribution in [-0.4, -0.2) is 48.2 Å². The highest BCUT2D eigenvalue weighted by molar-refractivity contribution is 6.07. The number of ether oxygens (including phenoxy) is 1. The Bertz CT molecular complexity index is 2450. The van der Waals surface area contributed by atoms with E-state index in [9.17, 15) is 5.11 Å². The third kappa shape index (κ3) is 6.30. The average Bonchev–Trinajstić information content (AvgIpc) is 3.25. The number of para-hydroxylation sites is 3. The number of aliphatic hydroxyl groups is 1. The van der Waals surface area contributed by atoms with Gasteiger partial charge in [0, 0.05) is 88.7 Å². The van der Waals surface area contributed by atoms with Gasteiger partial charge in [0.2, 0.25) is 11.4 Å². The highest BCUT2D eigenvalue weighted by atomic mass is 16.5. The molecule has 5 aromatic rings. The summed E-state index contributed by atoms with van der Waals surface area (Å²) in [5.74, 6) is 0.746. The molecular formula is C51H50N3O2+. The maximum atomic E-state index is 10.0. The Morgan fingerprint density at radius 3 is 2.43 bits per heavy atom. The zero-order valence-corrected chi connectivity index (χ0v) is 32.5. The van der Waals surface area contributed by atoms with E-state index in [0.717, 1.165) is 67.0 Å². The van der Waals surface area contributed by atoms with Gasteiger partial charge >= 0.3 is 0 Å². The number of allylic oxidation sites excluding steroid dienone is 5. The molecule has 0 amide bonds. The third-order valence-electron chi connectivity index (χ3n) is 12.0. The van der Waals surface area contributed by atoms with Crippen LogP contribution < -0.4 is 14.5 Å². The van der Waals surface area contributed by atoms with Crippen molar-refractivity contribution in [1.29, 1.82) is 0 Å². The third-order valence-corrected chi connectivity index (χ3v) is 12.0. The summed E-state index contributed by atoms with van der Waals surface area (Å²) in [6.07, 6.45) is 13.5. The van der Waals surface area contributed by atoms with Gasteiger partial charge < -0.3 is 19.6 Å². The van der Waals surface area contributed by atoms with Crippen molar-refractivity contribution < 1.29 is 14.4 Å². The molecule has 2 aliphatic heterocycles. The van der Waals surface area contributed by atoms with Crippen LogP contribution in [-0.2, 0) is 18.3 Å². The van der Waals surface area contributed by atoms with Gasteiger partial charge in [-0.3, -0.25) is 0 Å². The summed E-state index contributed by atoms with van der Waals surface area (Å²) < 4.78 is 9.01. The van der Waals surface area contributed by atoms with E-state index in [1.165, 1.54) is 56.2 Å². The molecule has 0 unspecified atom stereocenters. The lowest BCUT2D eigenvalue weighted by Crippen LogP contribution is -2.32. The molecule has 9 rings (SSSR count). The van der Waals surface area contributed by atoms with E-state index in [0.29, 0.717) is 6.54 Å². The zero-order chi connectivity index (χ0) is 38.2. The Kier molecular flexibility index (Phi) is 9.56. The van der Waals surface area contributed by atoms with Gasteiger partial charge in [0.25, 0.3) is 0 Å². The van der Waals surface area contributed by atoms with Crippen molar-refractivity contribution in [3.05, 3.63) is 185 Å². The molecule has 5 aromatic carbocycles. The Balaban J connectivity index is 1.26. The molecule has 0 aromatic heterocycles. The van der Waals surface area contributed by atoms with Crippen molar-refractivity contribution in [2.45, 2.75) is 44.9 Å². The Morgan fingerprint density at radius 1 is 0.821 bits per heavy atom. The normalized spacial score (nSPS) is 18.0. The number of anilines is 4. The molecule has 5 nitrogen and oxygen atoms in total. The lowest BCUT2D eigenvalue weighted by atomic mass is 9.64. The highest BCUT2D eigenvalue weighted by Crippen LogP contribution is 2.53. The van der Waals surface area contributed by atoms with Crippen molar-refractivity contribution in [3.8, 4) is 5.75 Å². The monoisotopic (exact) mass is 736 g/mol. The number of nitrogens with zero attached hydrogens (tertiary/aromatic N) is 3. The van der Waals surface area contributed by atoms with Crippen molar-refractivity contribution in [1.82, 2.24) is 0 Å². The van der Waals surface area contributed by atoms with Gasteiger partial charge in [-0.05, 0) is 95.6 Å². The number of benzene rings is 5. The van der Waals surface area contributed by atoms with Crippen molar-refractivity contribution in [3.63, 3.8) is 0 Å². The van der Waals surface area contributed by atoms with Crippen LogP contribution in [0.3, 0.4) is 0 Å². The first-order valence-electron chi connectivity index (χ1n) is 20.2. The van der Waals surface area contributed by atoms with E-state index in [-0.39, 0.29) is 18.6 Å². The van der Waals surface area contributed by atoms with Crippen LogP contribution >= 0.6 is 0 Å². The van der Waals surface area contributed by atoms with Gasteiger partial charge in [-0.25, -0.2) is 0 Å². The Morgan fingerprint density at radius 2 is 1.59 bits per heavy atom. The minimum absolute atomic E-state index is 0.0738. The minimum Gasteiger partial charge on any atom is -0.490 e. The standard InChI is InChI=1S/C51H50N3O2/c1-4-28-52(38-18-6-5-7-19-38)41-24-27-44(49(35-41)56-32-31-55)50-42-25-22-39(53-29-12-16-36-14-8-10-20-47(36)53)33-45(42)51(2,3)46-34-40(23-26-43(46)50)54-30-13-17-37-15-9-11-21-48(37)54/h4-11,14-15,18-27,33-35,55H,1,12-13,16-17,28-32H2,2-3H3/q+1. The number of rotatable bonds is 9. The molecule has 0 fully saturated rings. The molecule has 4 aliphatic rings. The van der Waals surface area contributed by atoms with E-state index in [2.05, 4.69) is 162 Å². The number of aliphatic hydroxyl groups excluding tert-OH is 1. The van der Waals surface area contributed by atoms with E-state index >= 15 is 0 Å². The van der Waals surface area contributed by atoms with Crippen molar-refractivity contribution >= 4 is 39.7 Å². The van der Waals surface area contributed by atoms with Crippen LogP contribution in [0.1, 0.15) is 54.5 Å². The van der Waals surface area contributed by atoms with Gasteiger partial charge in [0.05, 0.1) is 6.61 Å². The zero-order valence-electron chi connectivity index (χ0n) is 32.5. The number of hydrogen-bond acceptors (Lipinski definition) is 4. The largest absolute Gasteiger partial charge is 0.490 e. The summed E-state index contributed by atoms with van der Waals surface area (Å²) in [7, 11) is 0. The molecule has 2 heterocycles. The van der Waals surface area contributed by atoms with Gasteiger partial charge in [-0.2, -0.15) is 4.58 Å². The van der Waals surface area contributed by atoms with Crippen LogP contribution in [0, 0.1) is 0 Å². The predicted molar refractivity (Wildman–Crippen MR) is 232 cm³/mol. The molecule has 0 saturated heterocycles. The Labute approximate surface area is 331 Å². The fraction of sp³-hybridized carbons (Fsp3) is 0.235. The van der Waals surface area contributed by atoms with Crippen LogP contribution in [0.5, 0.6) is 5.75 Å². The lowest BCUT2D eigenvalue weighted by molar-refractivity contribution is -0.444. The fourth-order valence-corrected chi connectivity index (χ4v) is 9.31. The molecule has 56 heavy (non-hydrogen) atoms. The first-order valence-corrected chi connectivity index (χ1v) is 20.2. The predicted octanol–water partition coefficient (Wildman–Crippen LogP) is 10.8. The first kappa shape index (κ1) is 35.8. The van der Waals surface area contributed by atoms with Crippen molar-refractivity contribution in [2.75, 3.05) is 42.6 Å². The van der Waals surface area contributed by atoms with Gasteiger partial charge in [-0.1, -0.05) is 80.6 Å². The van der Waals surface area contributed by atoms with Gasteiger partial charge in [0.1, 0.15) is 18.9 Å². The maximum Gasteiger partial charge on any atom is 0.208 e. The van der Waals surface area contributed by atoms with E-state index in [4.69, 9.17) is 4.74 Å². The second-order valence-electron chi connectivity index (χ2n) is 15.7. The van der Waals surface area contributed by atoms with Crippen LogP contribution in [0.15, 0.2) is 157 Å². The SMILES string of the molecule is C=CCN(c1ccccc1)c1ccc(C2=C3C=CC(=[N+]4CCCc5ccccc54)C=C3C(C)(C)c3cc(N4CCCc5ccccc54)ccc32)c(OCCO)c1. The lowest BCUT2D eigenvalue weighted by Gasteiger charge is -2.40. The molecule has 1 N–H and O–H groups in total. The number of aryl methyl sites for hydroxylation is 2. The van der Waals surface area contributed by atoms with Crippen LogP contribution in [0.4, 0.5) is 28.4 Å². The molecule has 0 bridgehead atoms. The van der Waals surface area contributed by atoms with Crippen LogP contribution in [0.2, 0.25) is 0 Å². The second kappa shape index (κ2) is 15.0. The van der Waals surface area contributed by atoms with E-state index in [1.807, 2.05) is 12.1 Å². The van der Waals surface area contributed by atoms with Gasteiger partial charge in [0.15, 0.2) is 0 Å². The average molecular weight is 737 g/mol. The van der Waals surface area contributed by atoms with Crippen molar-refractivity contribution in [2.24, 2.45) is 0 Å². The maximum absolute atomic E-state index is 10.0. The molecular weight excluding hydrogens is 687 g/mol. The summed E-state index contributed by atoms with van der Waals surface area (Å²) in [6, 6.07) is 41.8. The first-order chi connectivity index (χ1) is 27.5. The molecule has 0 radical (unpaired) electrons. The summed E-state index contributed by atoms with van der Waals surface area (Å²) in [6.45, 7) is 11.6. The topological polar surface area (TPSA) is 39.0 Å². The van der Waals surface area contributed by atoms with E-state index < -0.39 is 0 Å². The number of hydrogen-bond donors (Lipinski definition) is 1. The summed E-state index contributed by atoms with van der Waals surface area (Å²) in [5.41, 5.74) is 16.8. The smallest absolute Gasteiger partial charge is 0.208 e. The Hall–Kier alpha value is -5.91. The minimum atomic E-state index is -0.301.